The van der Waals surface area contributed by atoms with Gasteiger partial charge in [-0.15, -0.1) is 0 Å². The van der Waals surface area contributed by atoms with Gasteiger partial charge in [-0.3, -0.25) is 4.79 Å². The minimum absolute atomic E-state index is 0.166. The third-order valence-electron chi connectivity index (χ3n) is 3.97. The number of carbonyl (C=O) groups is 1. The van der Waals surface area contributed by atoms with Crippen molar-refractivity contribution in [3.05, 3.63) is 65.3 Å². The van der Waals surface area contributed by atoms with Crippen molar-refractivity contribution in [1.82, 2.24) is 9.97 Å². The second-order valence-corrected chi connectivity index (χ2v) is 6.74. The summed E-state index contributed by atoms with van der Waals surface area (Å²) in [5.74, 6) is 1.98. The van der Waals surface area contributed by atoms with Crippen LogP contribution in [0.4, 0.5) is 5.82 Å². The van der Waals surface area contributed by atoms with Gasteiger partial charge in [0.1, 0.15) is 5.82 Å². The second-order valence-electron chi connectivity index (χ2n) is 6.30. The van der Waals surface area contributed by atoms with Gasteiger partial charge in [0.05, 0.1) is 6.20 Å². The van der Waals surface area contributed by atoms with Crippen molar-refractivity contribution >= 4 is 23.3 Å². The minimum Gasteiger partial charge on any atom is -0.441 e. The molecule has 2 heterocycles. The normalized spacial score (nSPS) is 10.9. The molecule has 0 aliphatic heterocycles. The molecule has 5 nitrogen and oxygen atoms in total. The van der Waals surface area contributed by atoms with Gasteiger partial charge in [-0.1, -0.05) is 49.7 Å². The van der Waals surface area contributed by atoms with Gasteiger partial charge in [0.2, 0.25) is 5.91 Å². The summed E-state index contributed by atoms with van der Waals surface area (Å²) in [6.45, 7) is 4.32. The lowest BCUT2D eigenvalue weighted by Crippen LogP contribution is -2.13. The van der Waals surface area contributed by atoms with E-state index in [-0.39, 0.29) is 12.3 Å². The molecule has 0 atom stereocenters. The third-order valence-corrected chi connectivity index (χ3v) is 4.21. The van der Waals surface area contributed by atoms with Crippen molar-refractivity contribution in [3.63, 3.8) is 0 Å². The van der Waals surface area contributed by atoms with Crippen LogP contribution in [0, 0.1) is 0 Å². The Bertz CT molecular complexity index is 888. The van der Waals surface area contributed by atoms with E-state index in [0.29, 0.717) is 34.8 Å². The van der Waals surface area contributed by atoms with Gasteiger partial charge in [-0.05, 0) is 23.6 Å². The highest BCUT2D eigenvalue weighted by Crippen LogP contribution is 2.23. The average molecular weight is 370 g/mol. The van der Waals surface area contributed by atoms with E-state index in [2.05, 4.69) is 41.3 Å². The van der Waals surface area contributed by atoms with Crippen molar-refractivity contribution in [3.8, 4) is 11.3 Å². The van der Waals surface area contributed by atoms with Crippen LogP contribution in [-0.2, 0) is 11.2 Å². The first-order valence-corrected chi connectivity index (χ1v) is 8.85. The number of rotatable bonds is 6. The molecule has 0 unspecified atom stereocenters. The molecule has 134 valence electrons. The van der Waals surface area contributed by atoms with E-state index in [1.165, 1.54) is 5.56 Å². The molecule has 1 aromatic carbocycles. The van der Waals surface area contributed by atoms with E-state index in [1.807, 2.05) is 12.1 Å². The average Bonchev–Trinajstić information content (AvgIpc) is 3.09. The number of amides is 1. The van der Waals surface area contributed by atoms with Gasteiger partial charge >= 0.3 is 0 Å². The van der Waals surface area contributed by atoms with E-state index in [0.717, 1.165) is 5.56 Å². The molecule has 0 radical (unpaired) electrons. The van der Waals surface area contributed by atoms with E-state index in [4.69, 9.17) is 16.0 Å². The number of pyridine rings is 1. The van der Waals surface area contributed by atoms with Crippen LogP contribution in [0.25, 0.3) is 11.3 Å². The van der Waals surface area contributed by atoms with E-state index < -0.39 is 0 Å². The standard InChI is InChI=1S/C20H20ClN3O2/c1-13(2)14-3-5-15(6-4-14)17-12-23-20(26-17)8-7-19(25)24-18-11-16(21)9-10-22-18/h3-6,9-13H,7-8H2,1-2H3,(H,22,24,25). The molecular formula is C20H20ClN3O2. The molecule has 1 amide bonds. The number of halogens is 1. The Balaban J connectivity index is 1.57. The van der Waals surface area contributed by atoms with Crippen LogP contribution in [0.15, 0.2) is 53.2 Å². The minimum atomic E-state index is -0.166. The zero-order chi connectivity index (χ0) is 18.5. The van der Waals surface area contributed by atoms with Crippen LogP contribution in [0.2, 0.25) is 5.02 Å². The van der Waals surface area contributed by atoms with Gasteiger partial charge < -0.3 is 9.73 Å². The Kier molecular flexibility index (Phi) is 5.68. The zero-order valence-electron chi connectivity index (χ0n) is 14.7. The molecule has 0 saturated carbocycles. The SMILES string of the molecule is CC(C)c1ccc(-c2cnc(CCC(=O)Nc3cc(Cl)ccn3)o2)cc1. The van der Waals surface area contributed by atoms with Crippen LogP contribution in [0.5, 0.6) is 0 Å². The largest absolute Gasteiger partial charge is 0.441 e. The Labute approximate surface area is 157 Å². The van der Waals surface area contributed by atoms with Gasteiger partial charge in [-0.25, -0.2) is 9.97 Å². The number of benzene rings is 1. The predicted molar refractivity (Wildman–Crippen MR) is 102 cm³/mol. The van der Waals surface area contributed by atoms with Gasteiger partial charge in [-0.2, -0.15) is 0 Å². The number of oxazole rings is 1. The van der Waals surface area contributed by atoms with E-state index in [1.54, 1.807) is 24.5 Å². The van der Waals surface area contributed by atoms with Gasteiger partial charge in [0.25, 0.3) is 0 Å². The quantitative estimate of drug-likeness (QED) is 0.657. The van der Waals surface area contributed by atoms with Crippen LogP contribution >= 0.6 is 11.6 Å². The first kappa shape index (κ1) is 18.1. The first-order valence-electron chi connectivity index (χ1n) is 8.47. The predicted octanol–water partition coefficient (Wildman–Crippen LogP) is 5.08. The molecule has 0 fully saturated rings. The molecule has 26 heavy (non-hydrogen) atoms. The fraction of sp³-hybridized carbons (Fsp3) is 0.250. The smallest absolute Gasteiger partial charge is 0.226 e. The number of carbonyl (C=O) groups excluding carboxylic acids is 1. The summed E-state index contributed by atoms with van der Waals surface area (Å²) in [4.78, 5) is 20.3. The number of nitrogens with one attached hydrogen (secondary N) is 1. The highest BCUT2D eigenvalue weighted by Gasteiger charge is 2.10. The van der Waals surface area contributed by atoms with Crippen LogP contribution in [0.1, 0.15) is 37.6 Å². The number of aromatic nitrogens is 2. The van der Waals surface area contributed by atoms with E-state index >= 15 is 0 Å². The number of aryl methyl sites for hydroxylation is 1. The van der Waals surface area contributed by atoms with Gasteiger partial charge in [0.15, 0.2) is 11.7 Å². The molecule has 0 aliphatic rings. The molecule has 3 rings (SSSR count). The van der Waals surface area contributed by atoms with Crippen molar-refractivity contribution in [1.29, 1.82) is 0 Å². The maximum Gasteiger partial charge on any atom is 0.226 e. The number of hydrogen-bond donors (Lipinski definition) is 1. The molecular weight excluding hydrogens is 350 g/mol. The van der Waals surface area contributed by atoms with Gasteiger partial charge in [0, 0.05) is 29.6 Å². The summed E-state index contributed by atoms with van der Waals surface area (Å²) in [7, 11) is 0. The lowest BCUT2D eigenvalue weighted by Gasteiger charge is -2.05. The molecule has 0 bridgehead atoms. The van der Waals surface area contributed by atoms with Crippen molar-refractivity contribution in [2.24, 2.45) is 0 Å². The number of nitrogens with zero attached hydrogens (tertiary/aromatic N) is 2. The van der Waals surface area contributed by atoms with E-state index in [9.17, 15) is 4.79 Å². The topological polar surface area (TPSA) is 68.0 Å². The third kappa shape index (κ3) is 4.70. The summed E-state index contributed by atoms with van der Waals surface area (Å²) in [5.41, 5.74) is 2.25. The molecule has 0 aliphatic carbocycles. The summed E-state index contributed by atoms with van der Waals surface area (Å²) < 4.78 is 5.76. The molecule has 0 saturated heterocycles. The molecule has 1 N–H and O–H groups in total. The van der Waals surface area contributed by atoms with Crippen molar-refractivity contribution in [2.45, 2.75) is 32.6 Å². The van der Waals surface area contributed by atoms with Crippen LogP contribution in [-0.4, -0.2) is 15.9 Å². The second kappa shape index (κ2) is 8.15. The Morgan fingerprint density at radius 2 is 1.96 bits per heavy atom. The van der Waals surface area contributed by atoms with Crippen molar-refractivity contribution < 1.29 is 9.21 Å². The first-order chi connectivity index (χ1) is 12.5. The Morgan fingerprint density at radius 3 is 2.65 bits per heavy atom. The summed E-state index contributed by atoms with van der Waals surface area (Å²) in [5, 5.41) is 3.23. The molecule has 0 spiro atoms. The Morgan fingerprint density at radius 1 is 1.19 bits per heavy atom. The lowest BCUT2D eigenvalue weighted by molar-refractivity contribution is -0.116. The fourth-order valence-electron chi connectivity index (χ4n) is 2.49. The number of anilines is 1. The van der Waals surface area contributed by atoms with Crippen LogP contribution in [0.3, 0.4) is 0 Å². The highest BCUT2D eigenvalue weighted by molar-refractivity contribution is 6.30. The maximum absolute atomic E-state index is 12.0. The summed E-state index contributed by atoms with van der Waals surface area (Å²) in [6, 6.07) is 11.5. The number of hydrogen-bond acceptors (Lipinski definition) is 4. The summed E-state index contributed by atoms with van der Waals surface area (Å²) >= 11 is 5.87. The van der Waals surface area contributed by atoms with Crippen molar-refractivity contribution in [2.75, 3.05) is 5.32 Å². The zero-order valence-corrected chi connectivity index (χ0v) is 15.5. The van der Waals surface area contributed by atoms with Crippen LogP contribution < -0.4 is 5.32 Å². The molecule has 3 aromatic rings. The highest BCUT2D eigenvalue weighted by atomic mass is 35.5. The molecule has 2 aromatic heterocycles. The fourth-order valence-corrected chi connectivity index (χ4v) is 2.65. The Hall–Kier alpha value is -2.66. The monoisotopic (exact) mass is 369 g/mol. The lowest BCUT2D eigenvalue weighted by atomic mass is 10.0. The maximum atomic E-state index is 12.0. The summed E-state index contributed by atoms with van der Waals surface area (Å²) in [6.07, 6.45) is 3.90. The molecule has 6 heteroatoms.